The fourth-order valence-electron chi connectivity index (χ4n) is 4.28. The number of fused-ring (bicyclic) bond motifs is 1. The summed E-state index contributed by atoms with van der Waals surface area (Å²) in [5, 5.41) is 12.3. The molecule has 4 nitrogen and oxygen atoms in total. The SMILES string of the molecule is CCCC1CCC(CC(O)[SH]2C(C3CC3)=Nc3cncn32)CC1. The smallest absolute Gasteiger partial charge is 0.162 e. The number of hydrogen-bond acceptors (Lipinski definition) is 3. The second-order valence-electron chi connectivity index (χ2n) is 7.58. The van der Waals surface area contributed by atoms with Crippen molar-refractivity contribution in [3.8, 4) is 0 Å². The Hall–Kier alpha value is -0.810. The first-order chi connectivity index (χ1) is 11.3. The van der Waals surface area contributed by atoms with E-state index in [1.165, 1.54) is 56.4 Å². The second-order valence-corrected chi connectivity index (χ2v) is 9.75. The van der Waals surface area contributed by atoms with Crippen molar-refractivity contribution in [2.24, 2.45) is 22.7 Å². The van der Waals surface area contributed by atoms with Crippen LogP contribution in [0.3, 0.4) is 0 Å². The maximum atomic E-state index is 11.0. The van der Waals surface area contributed by atoms with E-state index in [0.29, 0.717) is 11.8 Å². The minimum absolute atomic E-state index is 0.243. The number of aliphatic hydroxyl groups is 1. The molecule has 0 bridgehead atoms. The van der Waals surface area contributed by atoms with Crippen LogP contribution in [-0.4, -0.2) is 24.5 Å². The van der Waals surface area contributed by atoms with Gasteiger partial charge in [0.2, 0.25) is 0 Å². The third-order valence-electron chi connectivity index (χ3n) is 5.73. The predicted octanol–water partition coefficient (Wildman–Crippen LogP) is 4.42. The van der Waals surface area contributed by atoms with E-state index in [1.807, 2.05) is 12.5 Å². The molecule has 23 heavy (non-hydrogen) atoms. The normalized spacial score (nSPS) is 33.3. The number of aliphatic imine (C=N–C) groups is 1. The van der Waals surface area contributed by atoms with Gasteiger partial charge in [0.25, 0.3) is 0 Å². The summed E-state index contributed by atoms with van der Waals surface area (Å²) in [6, 6.07) is 0. The quantitative estimate of drug-likeness (QED) is 0.756. The molecular formula is C18H29N3OS. The Kier molecular flexibility index (Phi) is 4.50. The second kappa shape index (κ2) is 6.60. The predicted molar refractivity (Wildman–Crippen MR) is 97.4 cm³/mol. The monoisotopic (exact) mass is 335 g/mol. The van der Waals surface area contributed by atoms with Gasteiger partial charge in [-0.3, -0.25) is 3.97 Å². The van der Waals surface area contributed by atoms with E-state index in [2.05, 4.69) is 15.9 Å². The largest absolute Gasteiger partial charge is 0.382 e. The van der Waals surface area contributed by atoms with Gasteiger partial charge in [-0.05, 0) is 31.1 Å². The van der Waals surface area contributed by atoms with Crippen LogP contribution in [-0.2, 0) is 0 Å². The van der Waals surface area contributed by atoms with E-state index in [0.717, 1.165) is 18.2 Å². The van der Waals surface area contributed by atoms with Crippen LogP contribution in [0.25, 0.3) is 0 Å². The molecule has 2 fully saturated rings. The van der Waals surface area contributed by atoms with Crippen molar-refractivity contribution in [1.29, 1.82) is 0 Å². The van der Waals surface area contributed by atoms with Crippen molar-refractivity contribution in [2.75, 3.05) is 0 Å². The van der Waals surface area contributed by atoms with Crippen LogP contribution in [0.15, 0.2) is 17.5 Å². The minimum Gasteiger partial charge on any atom is -0.382 e. The molecule has 0 radical (unpaired) electrons. The van der Waals surface area contributed by atoms with E-state index < -0.39 is 11.1 Å². The van der Waals surface area contributed by atoms with Crippen molar-refractivity contribution in [1.82, 2.24) is 8.96 Å². The molecule has 1 aromatic rings. The number of nitrogens with zero attached hydrogens (tertiary/aromatic N) is 3. The number of aromatic nitrogens is 2. The molecule has 2 heterocycles. The molecular weight excluding hydrogens is 306 g/mol. The van der Waals surface area contributed by atoms with Crippen molar-refractivity contribution in [2.45, 2.75) is 70.1 Å². The zero-order valence-corrected chi connectivity index (χ0v) is 15.0. The molecule has 2 saturated carbocycles. The van der Waals surface area contributed by atoms with Gasteiger partial charge >= 0.3 is 0 Å². The first-order valence-corrected chi connectivity index (χ1v) is 10.7. The summed E-state index contributed by atoms with van der Waals surface area (Å²) in [6.45, 7) is 2.29. The fraction of sp³-hybridized carbons (Fsp3) is 0.778. The van der Waals surface area contributed by atoms with Gasteiger partial charge in [-0.2, -0.15) is 0 Å². The Morgan fingerprint density at radius 2 is 1.96 bits per heavy atom. The van der Waals surface area contributed by atoms with Gasteiger partial charge < -0.3 is 5.11 Å². The van der Waals surface area contributed by atoms with Gasteiger partial charge in [0.15, 0.2) is 5.82 Å². The molecule has 2 aliphatic carbocycles. The number of imidazole rings is 1. The highest BCUT2D eigenvalue weighted by Crippen LogP contribution is 2.53. The molecule has 5 heteroatoms. The van der Waals surface area contributed by atoms with E-state index in [9.17, 15) is 5.11 Å². The van der Waals surface area contributed by atoms with Gasteiger partial charge in [0, 0.05) is 5.92 Å². The summed E-state index contributed by atoms with van der Waals surface area (Å²) in [6.07, 6.45) is 15.2. The highest BCUT2D eigenvalue weighted by atomic mass is 32.2. The summed E-state index contributed by atoms with van der Waals surface area (Å²) >= 11 is -0.708. The molecule has 4 rings (SSSR count). The molecule has 0 aromatic carbocycles. The lowest BCUT2D eigenvalue weighted by Gasteiger charge is -2.33. The van der Waals surface area contributed by atoms with Crippen LogP contribution >= 0.6 is 11.1 Å². The lowest BCUT2D eigenvalue weighted by Crippen LogP contribution is -2.23. The van der Waals surface area contributed by atoms with Crippen LogP contribution < -0.4 is 0 Å². The van der Waals surface area contributed by atoms with Gasteiger partial charge in [-0.25, -0.2) is 9.98 Å². The number of aliphatic hydroxyl groups excluding tert-OH is 1. The standard InChI is InChI=1S/C18H29N3OS/c1-2-3-13-4-6-14(7-5-13)10-17(22)23-18(15-8-9-15)20-16-11-19-12-21(16)23/h11-15,17,22-23H,2-10H2,1H3. The molecule has 3 aliphatic rings. The number of rotatable bonds is 6. The Bertz CT molecular complexity index is 573. The van der Waals surface area contributed by atoms with Gasteiger partial charge in [-0.15, -0.1) is 11.1 Å². The third kappa shape index (κ3) is 3.22. The molecule has 0 amide bonds. The average Bonchev–Trinajstić information content (AvgIpc) is 3.18. The Balaban J connectivity index is 1.39. The van der Waals surface area contributed by atoms with E-state index in [1.54, 1.807) is 0 Å². The van der Waals surface area contributed by atoms with Crippen molar-refractivity contribution >= 4 is 21.9 Å². The molecule has 0 spiro atoms. The van der Waals surface area contributed by atoms with E-state index in [4.69, 9.17) is 4.99 Å². The molecule has 1 aromatic heterocycles. The van der Waals surface area contributed by atoms with Crippen LogP contribution in [0.2, 0.25) is 0 Å². The van der Waals surface area contributed by atoms with Gasteiger partial charge in [-0.1, -0.05) is 45.4 Å². The topological polar surface area (TPSA) is 50.4 Å². The van der Waals surface area contributed by atoms with Crippen molar-refractivity contribution < 1.29 is 5.11 Å². The zero-order chi connectivity index (χ0) is 15.8. The molecule has 0 saturated heterocycles. The summed E-state index contributed by atoms with van der Waals surface area (Å²) in [5.41, 5.74) is -0.243. The summed E-state index contributed by atoms with van der Waals surface area (Å²) < 4.78 is 2.16. The van der Waals surface area contributed by atoms with Gasteiger partial charge in [0.05, 0.1) is 11.2 Å². The van der Waals surface area contributed by atoms with Crippen molar-refractivity contribution in [3.63, 3.8) is 0 Å². The molecule has 1 N–H and O–H groups in total. The van der Waals surface area contributed by atoms with Crippen LogP contribution in [0.4, 0.5) is 5.82 Å². The first kappa shape index (κ1) is 15.7. The van der Waals surface area contributed by atoms with Crippen molar-refractivity contribution in [3.05, 3.63) is 12.5 Å². The Labute approximate surface area is 141 Å². The molecule has 2 atom stereocenters. The minimum atomic E-state index is -0.708. The lowest BCUT2D eigenvalue weighted by atomic mass is 9.79. The summed E-state index contributed by atoms with van der Waals surface area (Å²) in [7, 11) is 0. The third-order valence-corrected chi connectivity index (χ3v) is 8.21. The molecule has 2 unspecified atom stereocenters. The number of hydrogen-bond donors (Lipinski definition) is 2. The maximum absolute atomic E-state index is 11.0. The van der Waals surface area contributed by atoms with Crippen LogP contribution in [0, 0.1) is 17.8 Å². The van der Waals surface area contributed by atoms with Crippen LogP contribution in [0.1, 0.15) is 64.7 Å². The maximum Gasteiger partial charge on any atom is 0.162 e. The highest BCUT2D eigenvalue weighted by molar-refractivity contribution is 8.29. The van der Waals surface area contributed by atoms with Gasteiger partial charge in [0.1, 0.15) is 11.8 Å². The lowest BCUT2D eigenvalue weighted by molar-refractivity contribution is 0.180. The number of thiol groups is 1. The summed E-state index contributed by atoms with van der Waals surface area (Å²) in [5.74, 6) is 3.24. The first-order valence-electron chi connectivity index (χ1n) is 9.34. The molecule has 1 aliphatic heterocycles. The highest BCUT2D eigenvalue weighted by Gasteiger charge is 2.39. The van der Waals surface area contributed by atoms with E-state index >= 15 is 0 Å². The Morgan fingerprint density at radius 3 is 2.65 bits per heavy atom. The van der Waals surface area contributed by atoms with E-state index in [-0.39, 0.29) is 5.44 Å². The summed E-state index contributed by atoms with van der Waals surface area (Å²) in [4.78, 5) is 9.02. The average molecular weight is 336 g/mol. The Morgan fingerprint density at radius 1 is 1.22 bits per heavy atom. The zero-order valence-electron chi connectivity index (χ0n) is 14.1. The van der Waals surface area contributed by atoms with Crippen LogP contribution in [0.5, 0.6) is 0 Å². The molecule has 128 valence electrons. The fourth-order valence-corrected chi connectivity index (χ4v) is 6.92.